The molecule has 1 heterocycles. The standard InChI is InChI=1S/C15H29N/c1-11-9-12(14(2,3)4)13(15(5,6)7)16(8)10-11/h11H,9-10H2,1-8H3. The van der Waals surface area contributed by atoms with Gasteiger partial charge < -0.3 is 4.90 Å². The van der Waals surface area contributed by atoms with E-state index >= 15 is 0 Å². The van der Waals surface area contributed by atoms with Crippen LogP contribution in [0.5, 0.6) is 0 Å². The molecule has 1 aliphatic rings. The van der Waals surface area contributed by atoms with E-state index in [1.165, 1.54) is 13.0 Å². The van der Waals surface area contributed by atoms with Gasteiger partial charge in [-0.2, -0.15) is 0 Å². The van der Waals surface area contributed by atoms with Gasteiger partial charge in [-0.3, -0.25) is 0 Å². The third-order valence-corrected chi connectivity index (χ3v) is 3.42. The maximum Gasteiger partial charge on any atom is 0.0200 e. The molecule has 0 aromatic rings. The van der Waals surface area contributed by atoms with Gasteiger partial charge in [-0.15, -0.1) is 0 Å². The molecule has 0 aliphatic carbocycles. The lowest BCUT2D eigenvalue weighted by molar-refractivity contribution is 0.224. The molecule has 94 valence electrons. The Balaban J connectivity index is 3.28. The molecule has 0 aromatic carbocycles. The lowest BCUT2D eigenvalue weighted by Gasteiger charge is -2.44. The van der Waals surface area contributed by atoms with E-state index in [9.17, 15) is 0 Å². The summed E-state index contributed by atoms with van der Waals surface area (Å²) in [4.78, 5) is 2.48. The molecule has 1 atom stereocenters. The van der Waals surface area contributed by atoms with Crippen molar-refractivity contribution >= 4 is 0 Å². The Morgan fingerprint density at radius 3 is 1.88 bits per heavy atom. The van der Waals surface area contributed by atoms with Crippen LogP contribution in [0.25, 0.3) is 0 Å². The van der Waals surface area contributed by atoms with E-state index in [1.54, 1.807) is 11.3 Å². The van der Waals surface area contributed by atoms with Gasteiger partial charge in [0.05, 0.1) is 0 Å². The molecular weight excluding hydrogens is 194 g/mol. The molecule has 0 fully saturated rings. The second-order valence-electron chi connectivity index (χ2n) is 7.52. The predicted octanol–water partition coefficient (Wildman–Crippen LogP) is 4.30. The average Bonchev–Trinajstić information content (AvgIpc) is 1.97. The van der Waals surface area contributed by atoms with Crippen LogP contribution in [0.1, 0.15) is 54.9 Å². The summed E-state index contributed by atoms with van der Waals surface area (Å²) in [6.45, 7) is 17.6. The summed E-state index contributed by atoms with van der Waals surface area (Å²) in [5, 5.41) is 0. The van der Waals surface area contributed by atoms with Crippen molar-refractivity contribution in [3.05, 3.63) is 11.3 Å². The maximum absolute atomic E-state index is 2.48. The molecular formula is C15H29N. The Hall–Kier alpha value is -0.460. The molecule has 1 aliphatic heterocycles. The summed E-state index contributed by atoms with van der Waals surface area (Å²) in [6, 6.07) is 0. The van der Waals surface area contributed by atoms with Crippen LogP contribution in [0.2, 0.25) is 0 Å². The van der Waals surface area contributed by atoms with Gasteiger partial charge in [-0.05, 0) is 23.3 Å². The molecule has 1 rings (SSSR count). The Morgan fingerprint density at radius 2 is 1.50 bits per heavy atom. The fourth-order valence-electron chi connectivity index (χ4n) is 2.99. The van der Waals surface area contributed by atoms with Crippen LogP contribution >= 0.6 is 0 Å². The molecule has 0 saturated heterocycles. The summed E-state index contributed by atoms with van der Waals surface area (Å²) in [7, 11) is 2.25. The summed E-state index contributed by atoms with van der Waals surface area (Å²) in [6.07, 6.45) is 1.26. The van der Waals surface area contributed by atoms with Gasteiger partial charge in [0.2, 0.25) is 0 Å². The molecule has 1 heteroatoms. The van der Waals surface area contributed by atoms with Crippen LogP contribution in [0.4, 0.5) is 0 Å². The molecule has 1 unspecified atom stereocenters. The van der Waals surface area contributed by atoms with E-state index in [2.05, 4.69) is 60.4 Å². The quantitative estimate of drug-likeness (QED) is 0.591. The second-order valence-corrected chi connectivity index (χ2v) is 7.52. The van der Waals surface area contributed by atoms with Gasteiger partial charge >= 0.3 is 0 Å². The first-order chi connectivity index (χ1) is 7.03. The largest absolute Gasteiger partial charge is 0.377 e. The first-order valence-electron chi connectivity index (χ1n) is 6.48. The van der Waals surface area contributed by atoms with Crippen molar-refractivity contribution < 1.29 is 0 Å². The number of hydrogen-bond acceptors (Lipinski definition) is 1. The lowest BCUT2D eigenvalue weighted by Crippen LogP contribution is -2.38. The van der Waals surface area contributed by atoms with E-state index in [0.29, 0.717) is 5.41 Å². The zero-order chi connectivity index (χ0) is 12.7. The van der Waals surface area contributed by atoms with Crippen LogP contribution in [0, 0.1) is 16.7 Å². The average molecular weight is 223 g/mol. The zero-order valence-electron chi connectivity index (χ0n) is 12.4. The number of nitrogens with zero attached hydrogens (tertiary/aromatic N) is 1. The Kier molecular flexibility index (Phi) is 3.47. The van der Waals surface area contributed by atoms with E-state index in [1.807, 2.05) is 0 Å². The van der Waals surface area contributed by atoms with Crippen LogP contribution in [0.3, 0.4) is 0 Å². The van der Waals surface area contributed by atoms with Crippen LogP contribution in [-0.4, -0.2) is 18.5 Å². The van der Waals surface area contributed by atoms with Gasteiger partial charge in [-0.25, -0.2) is 0 Å². The van der Waals surface area contributed by atoms with Crippen molar-refractivity contribution in [2.75, 3.05) is 13.6 Å². The van der Waals surface area contributed by atoms with Crippen molar-refractivity contribution in [3.63, 3.8) is 0 Å². The lowest BCUT2D eigenvalue weighted by atomic mass is 9.72. The normalized spacial score (nSPS) is 24.0. The van der Waals surface area contributed by atoms with Gasteiger partial charge in [0.1, 0.15) is 0 Å². The van der Waals surface area contributed by atoms with Crippen molar-refractivity contribution in [2.45, 2.75) is 54.9 Å². The first kappa shape index (κ1) is 13.6. The Labute approximate surface area is 102 Å². The van der Waals surface area contributed by atoms with Crippen molar-refractivity contribution in [2.24, 2.45) is 16.7 Å². The molecule has 0 bridgehead atoms. The minimum absolute atomic E-state index is 0.261. The summed E-state index contributed by atoms with van der Waals surface area (Å²) >= 11 is 0. The van der Waals surface area contributed by atoms with Crippen molar-refractivity contribution in [1.29, 1.82) is 0 Å². The van der Waals surface area contributed by atoms with E-state index in [0.717, 1.165) is 5.92 Å². The topological polar surface area (TPSA) is 3.24 Å². The molecule has 0 N–H and O–H groups in total. The van der Waals surface area contributed by atoms with Crippen molar-refractivity contribution in [3.8, 4) is 0 Å². The van der Waals surface area contributed by atoms with Gasteiger partial charge in [0.15, 0.2) is 0 Å². The highest BCUT2D eigenvalue weighted by molar-refractivity contribution is 5.26. The van der Waals surface area contributed by atoms with Crippen molar-refractivity contribution in [1.82, 2.24) is 4.90 Å². The smallest absolute Gasteiger partial charge is 0.0200 e. The van der Waals surface area contributed by atoms with E-state index in [-0.39, 0.29) is 5.41 Å². The Morgan fingerprint density at radius 1 is 1.00 bits per heavy atom. The third kappa shape index (κ3) is 2.81. The highest BCUT2D eigenvalue weighted by Crippen LogP contribution is 2.43. The number of hydrogen-bond donors (Lipinski definition) is 0. The molecule has 0 radical (unpaired) electrons. The second kappa shape index (κ2) is 4.09. The molecule has 1 nitrogen and oxygen atoms in total. The van der Waals surface area contributed by atoms with Crippen LogP contribution in [0.15, 0.2) is 11.3 Å². The molecule has 0 spiro atoms. The van der Waals surface area contributed by atoms with E-state index in [4.69, 9.17) is 0 Å². The molecule has 0 saturated carbocycles. The molecule has 0 aromatic heterocycles. The maximum atomic E-state index is 2.48. The fraction of sp³-hybridized carbons (Fsp3) is 0.867. The minimum atomic E-state index is 0.261. The van der Waals surface area contributed by atoms with Crippen LogP contribution < -0.4 is 0 Å². The summed E-state index contributed by atoms with van der Waals surface area (Å²) < 4.78 is 0. The third-order valence-electron chi connectivity index (χ3n) is 3.42. The minimum Gasteiger partial charge on any atom is -0.377 e. The molecule has 16 heavy (non-hydrogen) atoms. The first-order valence-corrected chi connectivity index (χ1v) is 6.48. The number of rotatable bonds is 0. The van der Waals surface area contributed by atoms with Gasteiger partial charge in [-0.1, -0.05) is 48.5 Å². The van der Waals surface area contributed by atoms with Crippen LogP contribution in [-0.2, 0) is 0 Å². The zero-order valence-corrected chi connectivity index (χ0v) is 12.4. The van der Waals surface area contributed by atoms with E-state index < -0.39 is 0 Å². The number of allylic oxidation sites excluding steroid dienone is 2. The highest BCUT2D eigenvalue weighted by Gasteiger charge is 2.34. The SMILES string of the molecule is CC1CC(C(C)(C)C)=C(C(C)(C)C)N(C)C1. The summed E-state index contributed by atoms with van der Waals surface area (Å²) in [5.41, 5.74) is 3.78. The summed E-state index contributed by atoms with van der Waals surface area (Å²) in [5.74, 6) is 0.783. The van der Waals surface area contributed by atoms with Gasteiger partial charge in [0.25, 0.3) is 0 Å². The predicted molar refractivity (Wildman–Crippen MR) is 72.3 cm³/mol. The molecule has 0 amide bonds. The highest BCUT2D eigenvalue weighted by atomic mass is 15.1. The Bertz CT molecular complexity index is 286. The monoisotopic (exact) mass is 223 g/mol. The fourth-order valence-corrected chi connectivity index (χ4v) is 2.99. The van der Waals surface area contributed by atoms with Gasteiger partial charge in [0, 0.05) is 24.7 Å².